The minimum Gasteiger partial charge on any atom is -0.484 e. The third kappa shape index (κ3) is 8.41. The van der Waals surface area contributed by atoms with E-state index in [4.69, 9.17) is 4.74 Å². The van der Waals surface area contributed by atoms with Crippen LogP contribution in [-0.4, -0.2) is 35.4 Å². The van der Waals surface area contributed by atoms with Gasteiger partial charge in [-0.1, -0.05) is 94.6 Å². The van der Waals surface area contributed by atoms with Gasteiger partial charge >= 0.3 is 0 Å². The Morgan fingerprint density at radius 3 is 2.17 bits per heavy atom. The maximum absolute atomic E-state index is 13.8. The van der Waals surface area contributed by atoms with Crippen LogP contribution in [-0.2, 0) is 28.0 Å². The lowest BCUT2D eigenvalue weighted by atomic mass is 9.87. The number of carbonyl (C=O) groups is 2. The third-order valence-electron chi connectivity index (χ3n) is 7.57. The van der Waals surface area contributed by atoms with E-state index in [0.29, 0.717) is 12.2 Å². The van der Waals surface area contributed by atoms with Crippen LogP contribution in [0.1, 0.15) is 69.6 Å². The fourth-order valence-electron chi connectivity index (χ4n) is 5.16. The molecule has 1 atom stereocenters. The van der Waals surface area contributed by atoms with Crippen molar-refractivity contribution in [3.05, 3.63) is 101 Å². The predicted octanol–water partition coefficient (Wildman–Crippen LogP) is 6.59. The number of hydrogen-bond donors (Lipinski definition) is 1. The summed E-state index contributed by atoms with van der Waals surface area (Å²) in [6, 6.07) is 22.9. The quantitative estimate of drug-likeness (QED) is 0.313. The minimum absolute atomic E-state index is 0.0106. The summed E-state index contributed by atoms with van der Waals surface area (Å²) in [5.74, 6) is -0.224. The molecule has 6 heteroatoms. The summed E-state index contributed by atoms with van der Waals surface area (Å²) < 4.78 is 19.6. The molecule has 0 radical (unpaired) electrons. The summed E-state index contributed by atoms with van der Waals surface area (Å²) in [4.78, 5) is 29.2. The minimum atomic E-state index is -0.742. The summed E-state index contributed by atoms with van der Waals surface area (Å²) in [6.07, 6.45) is 5.63. The number of halogens is 1. The van der Waals surface area contributed by atoms with Crippen molar-refractivity contribution in [3.63, 3.8) is 0 Å². The molecule has 0 spiro atoms. The van der Waals surface area contributed by atoms with Crippen molar-refractivity contribution in [2.45, 2.75) is 83.3 Å². The normalized spacial score (nSPS) is 14.8. The molecule has 40 heavy (non-hydrogen) atoms. The van der Waals surface area contributed by atoms with Gasteiger partial charge in [0.05, 0.1) is 0 Å². The SMILES string of the molecule is CC(C)(C)c1ccc(OCC(=O)N(Cc2ccc(F)cc2)[C@@H](Cc2ccccc2)C(=O)NC2CCCCC2)cc1. The van der Waals surface area contributed by atoms with E-state index < -0.39 is 6.04 Å². The second-order valence-corrected chi connectivity index (χ2v) is 11.8. The van der Waals surface area contributed by atoms with Gasteiger partial charge in [0.15, 0.2) is 6.61 Å². The van der Waals surface area contributed by atoms with Crippen LogP contribution in [0.4, 0.5) is 4.39 Å². The number of nitrogens with zero attached hydrogens (tertiary/aromatic N) is 1. The Kier molecular flexibility index (Phi) is 9.97. The van der Waals surface area contributed by atoms with E-state index in [1.807, 2.05) is 54.6 Å². The lowest BCUT2D eigenvalue weighted by molar-refractivity contribution is -0.143. The van der Waals surface area contributed by atoms with Gasteiger partial charge in [0.25, 0.3) is 5.91 Å². The topological polar surface area (TPSA) is 58.6 Å². The lowest BCUT2D eigenvalue weighted by Crippen LogP contribution is -2.53. The number of amides is 2. The fourth-order valence-corrected chi connectivity index (χ4v) is 5.16. The van der Waals surface area contributed by atoms with Crippen LogP contribution in [0.5, 0.6) is 5.75 Å². The molecule has 1 aliphatic carbocycles. The second kappa shape index (κ2) is 13.6. The van der Waals surface area contributed by atoms with Crippen LogP contribution >= 0.6 is 0 Å². The van der Waals surface area contributed by atoms with Gasteiger partial charge in [0.1, 0.15) is 17.6 Å². The molecule has 0 aliphatic heterocycles. The highest BCUT2D eigenvalue weighted by molar-refractivity contribution is 5.88. The smallest absolute Gasteiger partial charge is 0.261 e. The summed E-state index contributed by atoms with van der Waals surface area (Å²) in [7, 11) is 0. The van der Waals surface area contributed by atoms with Crippen LogP contribution in [0.2, 0.25) is 0 Å². The summed E-state index contributed by atoms with van der Waals surface area (Å²) in [5.41, 5.74) is 2.89. The highest BCUT2D eigenvalue weighted by Crippen LogP contribution is 2.25. The number of nitrogens with one attached hydrogen (secondary N) is 1. The molecular formula is C34H41FN2O3. The van der Waals surface area contributed by atoms with Crippen molar-refractivity contribution in [1.29, 1.82) is 0 Å². The molecule has 0 saturated heterocycles. The van der Waals surface area contributed by atoms with Crippen molar-refractivity contribution < 1.29 is 18.7 Å². The Hall–Kier alpha value is -3.67. The number of benzene rings is 3. The molecule has 0 heterocycles. The molecule has 1 fully saturated rings. The number of ether oxygens (including phenoxy) is 1. The van der Waals surface area contributed by atoms with Crippen molar-refractivity contribution in [1.82, 2.24) is 10.2 Å². The van der Waals surface area contributed by atoms with Crippen molar-refractivity contribution in [2.24, 2.45) is 0 Å². The van der Waals surface area contributed by atoms with E-state index in [-0.39, 0.29) is 42.2 Å². The Bertz CT molecular complexity index is 1230. The van der Waals surface area contributed by atoms with Crippen molar-refractivity contribution in [3.8, 4) is 5.75 Å². The van der Waals surface area contributed by atoms with E-state index in [1.54, 1.807) is 17.0 Å². The van der Waals surface area contributed by atoms with Gasteiger partial charge in [0.2, 0.25) is 5.91 Å². The molecule has 3 aromatic rings. The number of hydrogen-bond acceptors (Lipinski definition) is 3. The van der Waals surface area contributed by atoms with Crippen LogP contribution in [0.25, 0.3) is 0 Å². The molecule has 3 aromatic carbocycles. The molecule has 0 bridgehead atoms. The molecule has 212 valence electrons. The first-order chi connectivity index (χ1) is 19.2. The highest BCUT2D eigenvalue weighted by Gasteiger charge is 2.32. The average Bonchev–Trinajstić information content (AvgIpc) is 2.95. The van der Waals surface area contributed by atoms with Crippen LogP contribution in [0, 0.1) is 5.82 Å². The number of carbonyl (C=O) groups excluding carboxylic acids is 2. The van der Waals surface area contributed by atoms with Crippen LogP contribution in [0.3, 0.4) is 0 Å². The van der Waals surface area contributed by atoms with E-state index in [1.165, 1.54) is 24.1 Å². The summed E-state index contributed by atoms with van der Waals surface area (Å²) in [6.45, 7) is 6.39. The van der Waals surface area contributed by atoms with Gasteiger partial charge in [0, 0.05) is 19.0 Å². The van der Waals surface area contributed by atoms with E-state index in [9.17, 15) is 14.0 Å². The zero-order valence-electron chi connectivity index (χ0n) is 23.9. The summed E-state index contributed by atoms with van der Waals surface area (Å²) >= 11 is 0. The monoisotopic (exact) mass is 544 g/mol. The Morgan fingerprint density at radius 1 is 0.900 bits per heavy atom. The standard InChI is InChI=1S/C34H41FN2O3/c1-34(2,3)27-16-20-30(21-17-27)40-24-32(38)37(23-26-14-18-28(35)19-15-26)31(22-25-10-6-4-7-11-25)33(39)36-29-12-8-5-9-13-29/h4,6-7,10-11,14-21,29,31H,5,8-9,12-13,22-24H2,1-3H3,(H,36,39)/t31-/m0/s1. The maximum atomic E-state index is 13.8. The Morgan fingerprint density at radius 2 is 1.55 bits per heavy atom. The molecule has 4 rings (SSSR count). The number of rotatable bonds is 10. The van der Waals surface area contributed by atoms with Gasteiger partial charge in [-0.05, 0) is 59.2 Å². The van der Waals surface area contributed by atoms with Crippen LogP contribution < -0.4 is 10.1 Å². The average molecular weight is 545 g/mol. The van der Waals surface area contributed by atoms with Gasteiger partial charge in [-0.15, -0.1) is 0 Å². The maximum Gasteiger partial charge on any atom is 0.261 e. The molecule has 2 amide bonds. The first kappa shape index (κ1) is 29.3. The predicted molar refractivity (Wildman–Crippen MR) is 157 cm³/mol. The molecule has 0 unspecified atom stereocenters. The molecule has 1 aliphatic rings. The second-order valence-electron chi connectivity index (χ2n) is 11.8. The lowest BCUT2D eigenvalue weighted by Gasteiger charge is -2.33. The van der Waals surface area contributed by atoms with Crippen molar-refractivity contribution in [2.75, 3.05) is 6.61 Å². The van der Waals surface area contributed by atoms with Gasteiger partial charge in [-0.2, -0.15) is 0 Å². The summed E-state index contributed by atoms with van der Waals surface area (Å²) in [5, 5.41) is 3.23. The van der Waals surface area contributed by atoms with Gasteiger partial charge < -0.3 is 15.0 Å². The first-order valence-corrected chi connectivity index (χ1v) is 14.3. The third-order valence-corrected chi connectivity index (χ3v) is 7.57. The van der Waals surface area contributed by atoms with Crippen LogP contribution in [0.15, 0.2) is 78.9 Å². The molecule has 1 N–H and O–H groups in total. The molecule has 5 nitrogen and oxygen atoms in total. The fraction of sp³-hybridized carbons (Fsp3) is 0.412. The van der Waals surface area contributed by atoms with E-state index in [0.717, 1.165) is 36.8 Å². The van der Waals surface area contributed by atoms with E-state index in [2.05, 4.69) is 26.1 Å². The molecular weight excluding hydrogens is 503 g/mol. The zero-order chi connectivity index (χ0) is 28.5. The van der Waals surface area contributed by atoms with Crippen molar-refractivity contribution >= 4 is 11.8 Å². The van der Waals surface area contributed by atoms with Gasteiger partial charge in [-0.3, -0.25) is 9.59 Å². The highest BCUT2D eigenvalue weighted by atomic mass is 19.1. The molecule has 1 saturated carbocycles. The zero-order valence-corrected chi connectivity index (χ0v) is 23.9. The van der Waals surface area contributed by atoms with E-state index >= 15 is 0 Å². The molecule has 0 aromatic heterocycles. The first-order valence-electron chi connectivity index (χ1n) is 14.3. The van der Waals surface area contributed by atoms with Gasteiger partial charge in [-0.25, -0.2) is 4.39 Å². The largest absolute Gasteiger partial charge is 0.484 e. The Labute approximate surface area is 237 Å². The Balaban J connectivity index is 1.58.